The molecule has 4 aromatic rings. The van der Waals surface area contributed by atoms with E-state index in [4.69, 9.17) is 16.3 Å². The number of halogens is 1. The Morgan fingerprint density at radius 2 is 1.98 bits per heavy atom. The van der Waals surface area contributed by atoms with Crippen LogP contribution in [0.2, 0.25) is 5.02 Å². The monoisotopic (exact) mass is 565 g/mol. The van der Waals surface area contributed by atoms with Gasteiger partial charge in [-0.25, -0.2) is 14.5 Å². The minimum absolute atomic E-state index is 0.0192. The van der Waals surface area contributed by atoms with Gasteiger partial charge in [-0.2, -0.15) is 5.10 Å². The summed E-state index contributed by atoms with van der Waals surface area (Å²) in [6, 6.07) is 8.72. The van der Waals surface area contributed by atoms with Gasteiger partial charge in [-0.3, -0.25) is 19.8 Å². The number of amides is 1. The van der Waals surface area contributed by atoms with Gasteiger partial charge in [0.05, 0.1) is 52.9 Å². The first-order valence-corrected chi connectivity index (χ1v) is 12.9. The number of likely N-dealkylation sites (N-methyl/N-ethyl adjacent to an activating group) is 1. The molecule has 0 unspecified atom stereocenters. The average molecular weight is 566 g/mol. The number of hydrogen-bond acceptors (Lipinski definition) is 10. The van der Waals surface area contributed by atoms with Crippen LogP contribution in [0.3, 0.4) is 0 Å². The first-order valence-electron chi connectivity index (χ1n) is 12.5. The van der Waals surface area contributed by atoms with Crippen LogP contribution in [0.15, 0.2) is 48.9 Å². The topological polar surface area (TPSA) is 134 Å². The lowest BCUT2D eigenvalue weighted by Gasteiger charge is -2.36. The van der Waals surface area contributed by atoms with Crippen molar-refractivity contribution in [3.63, 3.8) is 0 Å². The van der Waals surface area contributed by atoms with Gasteiger partial charge in [0.2, 0.25) is 11.9 Å². The predicted octanol–water partition coefficient (Wildman–Crippen LogP) is 3.32. The number of benzene rings is 1. The highest BCUT2D eigenvalue weighted by Gasteiger charge is 2.27. The third-order valence-electron chi connectivity index (χ3n) is 6.74. The fraction of sp³-hybridized carbons (Fsp3) is 0.308. The molecule has 0 atom stereocenters. The van der Waals surface area contributed by atoms with Crippen LogP contribution in [-0.2, 0) is 4.79 Å². The summed E-state index contributed by atoms with van der Waals surface area (Å²) in [6.45, 7) is 2.57. The molecule has 1 N–H and O–H groups in total. The Bertz CT molecular complexity index is 1570. The summed E-state index contributed by atoms with van der Waals surface area (Å²) in [7, 11) is 4.94. The maximum Gasteiger partial charge on any atom is 0.294 e. The molecule has 3 aromatic heterocycles. The third-order valence-corrected chi connectivity index (χ3v) is 7.01. The SMILES string of the molecule is COc1cc(N2CCN(CC(=O)N(C)C)CC2)c([N+](=O)[O-])cc1Nc1ncc(Cl)c(-c2cnn3ccccc23)n1. The van der Waals surface area contributed by atoms with Crippen molar-refractivity contribution in [3.8, 4) is 17.0 Å². The Hall–Kier alpha value is -4.49. The van der Waals surface area contributed by atoms with Crippen molar-refractivity contribution in [1.29, 1.82) is 0 Å². The van der Waals surface area contributed by atoms with Gasteiger partial charge in [0.1, 0.15) is 11.4 Å². The van der Waals surface area contributed by atoms with Crippen LogP contribution < -0.4 is 15.0 Å². The van der Waals surface area contributed by atoms with Crippen molar-refractivity contribution in [2.75, 3.05) is 64.1 Å². The van der Waals surface area contributed by atoms with Gasteiger partial charge in [0.25, 0.3) is 5.69 Å². The Morgan fingerprint density at radius 1 is 1.20 bits per heavy atom. The smallest absolute Gasteiger partial charge is 0.294 e. The maximum atomic E-state index is 12.1. The summed E-state index contributed by atoms with van der Waals surface area (Å²) in [6.07, 6.45) is 4.96. The number of nitro benzene ring substituents is 1. The van der Waals surface area contributed by atoms with Crippen molar-refractivity contribution in [2.24, 2.45) is 0 Å². The molecule has 1 aromatic carbocycles. The summed E-state index contributed by atoms with van der Waals surface area (Å²) in [5.41, 5.74) is 2.69. The number of aromatic nitrogens is 4. The zero-order valence-corrected chi connectivity index (χ0v) is 23.0. The summed E-state index contributed by atoms with van der Waals surface area (Å²) >= 11 is 6.44. The van der Waals surface area contributed by atoms with Crippen LogP contribution in [0.5, 0.6) is 5.75 Å². The number of fused-ring (bicyclic) bond motifs is 1. The molecule has 0 spiro atoms. The van der Waals surface area contributed by atoms with E-state index in [0.717, 1.165) is 11.1 Å². The van der Waals surface area contributed by atoms with Crippen molar-refractivity contribution in [1.82, 2.24) is 29.4 Å². The molecule has 4 heterocycles. The van der Waals surface area contributed by atoms with Gasteiger partial charge in [-0.15, -0.1) is 0 Å². The van der Waals surface area contributed by atoms with Crippen LogP contribution in [0.4, 0.5) is 23.0 Å². The third kappa shape index (κ3) is 5.46. The summed E-state index contributed by atoms with van der Waals surface area (Å²) < 4.78 is 7.31. The lowest BCUT2D eigenvalue weighted by Crippen LogP contribution is -2.49. The maximum absolute atomic E-state index is 12.1. The Balaban J connectivity index is 1.42. The molecule has 208 valence electrons. The fourth-order valence-corrected chi connectivity index (χ4v) is 4.75. The number of methoxy groups -OCH3 is 1. The molecule has 1 fully saturated rings. The van der Waals surface area contributed by atoms with Crippen molar-refractivity contribution in [3.05, 3.63) is 64.1 Å². The van der Waals surface area contributed by atoms with Gasteiger partial charge in [0.15, 0.2) is 0 Å². The van der Waals surface area contributed by atoms with E-state index in [1.807, 2.05) is 34.2 Å². The van der Waals surface area contributed by atoms with E-state index in [2.05, 4.69) is 20.4 Å². The number of ether oxygens (including phenoxy) is 1. The number of nitrogens with zero attached hydrogens (tertiary/aromatic N) is 8. The van der Waals surface area contributed by atoms with Crippen molar-refractivity contribution in [2.45, 2.75) is 0 Å². The van der Waals surface area contributed by atoms with Gasteiger partial charge in [0, 0.05) is 64.2 Å². The summed E-state index contributed by atoms with van der Waals surface area (Å²) in [5, 5.41) is 19.9. The molecule has 40 heavy (non-hydrogen) atoms. The van der Waals surface area contributed by atoms with E-state index in [1.54, 1.807) is 35.8 Å². The molecule has 1 aliphatic rings. The quantitative estimate of drug-likeness (QED) is 0.250. The summed E-state index contributed by atoms with van der Waals surface area (Å²) in [4.78, 5) is 38.2. The second kappa shape index (κ2) is 11.3. The molecule has 0 aliphatic carbocycles. The predicted molar refractivity (Wildman–Crippen MR) is 152 cm³/mol. The first-order chi connectivity index (χ1) is 19.2. The van der Waals surface area contributed by atoms with E-state index in [0.29, 0.717) is 60.6 Å². The average Bonchev–Trinajstić information content (AvgIpc) is 3.38. The van der Waals surface area contributed by atoms with E-state index in [1.165, 1.54) is 19.4 Å². The molecular formula is C26H28ClN9O4. The number of carbonyl (C=O) groups excluding carboxylic acids is 1. The number of anilines is 3. The highest BCUT2D eigenvalue weighted by Crippen LogP contribution is 2.40. The highest BCUT2D eigenvalue weighted by molar-refractivity contribution is 6.33. The highest BCUT2D eigenvalue weighted by atomic mass is 35.5. The number of piperazine rings is 1. The largest absolute Gasteiger partial charge is 0.494 e. The summed E-state index contributed by atoms with van der Waals surface area (Å²) in [5.74, 6) is 0.599. The van der Waals surface area contributed by atoms with Crippen LogP contribution in [0.1, 0.15) is 0 Å². The first kappa shape index (κ1) is 27.1. The van der Waals surface area contributed by atoms with Gasteiger partial charge >= 0.3 is 0 Å². The molecule has 0 radical (unpaired) electrons. The molecule has 1 aliphatic heterocycles. The lowest BCUT2D eigenvalue weighted by molar-refractivity contribution is -0.384. The molecule has 1 saturated heterocycles. The number of rotatable bonds is 8. The van der Waals surface area contributed by atoms with Crippen LogP contribution in [0, 0.1) is 10.1 Å². The standard InChI is InChI=1S/C26H28ClN9O4/c1-32(2)24(37)16-33-8-10-34(11-9-33)21-13-23(40-3)19(12-22(21)36(38)39)30-26-28-15-18(27)25(31-26)17-14-29-35-7-5-4-6-20(17)35/h4-7,12-15H,8-11,16H2,1-3H3,(H,28,30,31). The van der Waals surface area contributed by atoms with Gasteiger partial charge in [-0.1, -0.05) is 17.7 Å². The van der Waals surface area contributed by atoms with Crippen LogP contribution in [-0.4, -0.2) is 94.1 Å². The normalized spacial score (nSPS) is 13.8. The fourth-order valence-electron chi connectivity index (χ4n) is 4.56. The minimum atomic E-state index is -0.422. The van der Waals surface area contributed by atoms with Gasteiger partial charge < -0.3 is 19.9 Å². The van der Waals surface area contributed by atoms with Crippen molar-refractivity contribution >= 4 is 46.0 Å². The zero-order chi connectivity index (χ0) is 28.4. The number of carbonyl (C=O) groups is 1. The molecule has 13 nitrogen and oxygen atoms in total. The lowest BCUT2D eigenvalue weighted by atomic mass is 10.1. The Morgan fingerprint density at radius 3 is 2.67 bits per heavy atom. The Labute approximate surface area is 235 Å². The number of nitro groups is 1. The number of nitrogens with one attached hydrogen (secondary N) is 1. The van der Waals surface area contributed by atoms with E-state index >= 15 is 0 Å². The van der Waals surface area contributed by atoms with E-state index in [9.17, 15) is 14.9 Å². The molecular weight excluding hydrogens is 538 g/mol. The number of pyridine rings is 1. The molecule has 5 rings (SSSR count). The molecule has 14 heteroatoms. The molecule has 0 bridgehead atoms. The second-order valence-electron chi connectivity index (χ2n) is 9.45. The molecule has 1 amide bonds. The number of hydrogen-bond donors (Lipinski definition) is 1. The van der Waals surface area contributed by atoms with Gasteiger partial charge in [-0.05, 0) is 12.1 Å². The van der Waals surface area contributed by atoms with Crippen LogP contribution in [0.25, 0.3) is 16.8 Å². The second-order valence-corrected chi connectivity index (χ2v) is 9.86. The zero-order valence-electron chi connectivity index (χ0n) is 22.2. The Kier molecular flexibility index (Phi) is 7.67. The van der Waals surface area contributed by atoms with Crippen LogP contribution >= 0.6 is 11.6 Å². The van der Waals surface area contributed by atoms with Crippen molar-refractivity contribution < 1.29 is 14.5 Å². The minimum Gasteiger partial charge on any atom is -0.494 e. The van der Waals surface area contributed by atoms with E-state index in [-0.39, 0.29) is 17.5 Å². The molecule has 0 saturated carbocycles. The van der Waals surface area contributed by atoms with E-state index < -0.39 is 4.92 Å².